The lowest BCUT2D eigenvalue weighted by Crippen LogP contribution is -2.56. The van der Waals surface area contributed by atoms with Crippen LogP contribution < -0.4 is 5.32 Å². The molecule has 0 amide bonds. The van der Waals surface area contributed by atoms with Gasteiger partial charge in [-0.3, -0.25) is 0 Å². The van der Waals surface area contributed by atoms with Crippen LogP contribution in [0.4, 0.5) is 0 Å². The van der Waals surface area contributed by atoms with Crippen LogP contribution in [0.2, 0.25) is 0 Å². The molecule has 0 bridgehead atoms. The van der Waals surface area contributed by atoms with Gasteiger partial charge in [0.15, 0.2) is 0 Å². The van der Waals surface area contributed by atoms with Crippen molar-refractivity contribution in [2.75, 3.05) is 32.4 Å². The Hall–Kier alpha value is 0.270. The first-order valence-corrected chi connectivity index (χ1v) is 4.49. The third-order valence-corrected chi connectivity index (χ3v) is 2.37. The lowest BCUT2D eigenvalue weighted by molar-refractivity contribution is 0.181. The molecule has 0 aliphatic carbocycles. The van der Waals surface area contributed by atoms with Gasteiger partial charge in [-0.15, -0.1) is 0 Å². The molecule has 0 radical (unpaired) electrons. The van der Waals surface area contributed by atoms with Crippen molar-refractivity contribution in [3.63, 3.8) is 0 Å². The van der Waals surface area contributed by atoms with Crippen molar-refractivity contribution in [3.8, 4) is 0 Å². The highest BCUT2D eigenvalue weighted by Crippen LogP contribution is 2.02. The molecule has 0 atom stereocenters. The fraction of sp³-hybridized carbons (Fsp3) is 1.00. The first kappa shape index (κ1) is 8.37. The highest BCUT2D eigenvalue weighted by atomic mass is 32.1. The average Bonchev–Trinajstić information content (AvgIpc) is 1.79. The Kier molecular flexibility index (Phi) is 3.52. The molecule has 0 spiro atoms. The first-order valence-electron chi connectivity index (χ1n) is 3.86. The van der Waals surface area contributed by atoms with Crippen LogP contribution in [-0.2, 0) is 0 Å². The molecule has 1 aliphatic rings. The topological polar surface area (TPSA) is 15.3 Å². The molecule has 1 N–H and O–H groups in total. The smallest absolute Gasteiger partial charge is 0.0342 e. The molecule has 0 unspecified atom stereocenters. The van der Waals surface area contributed by atoms with E-state index < -0.39 is 0 Å². The average molecular weight is 160 g/mol. The van der Waals surface area contributed by atoms with Crippen molar-refractivity contribution in [2.45, 2.75) is 12.5 Å². The summed E-state index contributed by atoms with van der Waals surface area (Å²) < 4.78 is 0. The highest BCUT2D eigenvalue weighted by Gasteiger charge is 2.20. The Labute approximate surface area is 68.4 Å². The Balaban J connectivity index is 2.02. The van der Waals surface area contributed by atoms with E-state index in [1.165, 1.54) is 26.1 Å². The maximum Gasteiger partial charge on any atom is 0.0342 e. The van der Waals surface area contributed by atoms with Crippen LogP contribution in [0.25, 0.3) is 0 Å². The zero-order chi connectivity index (χ0) is 7.40. The van der Waals surface area contributed by atoms with Crippen molar-refractivity contribution >= 4 is 12.6 Å². The number of hydrogen-bond acceptors (Lipinski definition) is 3. The third kappa shape index (κ3) is 2.15. The number of nitrogens with one attached hydrogen (secondary N) is 1. The summed E-state index contributed by atoms with van der Waals surface area (Å²) in [6, 6.07) is 0.792. The van der Waals surface area contributed by atoms with Gasteiger partial charge >= 0.3 is 0 Å². The Morgan fingerprint density at radius 2 is 2.30 bits per heavy atom. The van der Waals surface area contributed by atoms with E-state index >= 15 is 0 Å². The second kappa shape index (κ2) is 4.21. The van der Waals surface area contributed by atoms with Gasteiger partial charge in [0.05, 0.1) is 0 Å². The van der Waals surface area contributed by atoms with Crippen LogP contribution in [0.5, 0.6) is 0 Å². The summed E-state index contributed by atoms with van der Waals surface area (Å²) in [5, 5.41) is 3.26. The van der Waals surface area contributed by atoms with E-state index in [1.54, 1.807) is 0 Å². The minimum atomic E-state index is 0.792. The molecule has 3 heteroatoms. The van der Waals surface area contributed by atoms with Gasteiger partial charge in [0, 0.05) is 19.1 Å². The lowest BCUT2D eigenvalue weighted by atomic mass is 10.1. The standard InChI is InChI=1S/C7H16N2S/c1-9(3-2-4-10)7-5-8-6-7/h7-8,10H,2-6H2,1H3. The molecule has 1 aliphatic heterocycles. The number of thiol groups is 1. The molecular formula is C7H16N2S. The molecule has 1 fully saturated rings. The maximum absolute atomic E-state index is 4.17. The van der Waals surface area contributed by atoms with Crippen molar-refractivity contribution in [2.24, 2.45) is 0 Å². The molecule has 60 valence electrons. The molecule has 1 rings (SSSR count). The first-order chi connectivity index (χ1) is 4.84. The van der Waals surface area contributed by atoms with Crippen molar-refractivity contribution in [1.82, 2.24) is 10.2 Å². The Morgan fingerprint density at radius 3 is 2.70 bits per heavy atom. The van der Waals surface area contributed by atoms with Crippen molar-refractivity contribution in [3.05, 3.63) is 0 Å². The van der Waals surface area contributed by atoms with Gasteiger partial charge in [-0.25, -0.2) is 0 Å². The van der Waals surface area contributed by atoms with Crippen LogP contribution in [0, 0.1) is 0 Å². The predicted molar refractivity (Wildman–Crippen MR) is 47.8 cm³/mol. The molecule has 1 saturated heterocycles. The Morgan fingerprint density at radius 1 is 1.60 bits per heavy atom. The third-order valence-electron chi connectivity index (χ3n) is 2.05. The van der Waals surface area contributed by atoms with Gasteiger partial charge < -0.3 is 10.2 Å². The van der Waals surface area contributed by atoms with Gasteiger partial charge in [-0.05, 0) is 25.8 Å². The van der Waals surface area contributed by atoms with Crippen LogP contribution >= 0.6 is 12.6 Å². The van der Waals surface area contributed by atoms with E-state index in [0.717, 1.165) is 11.8 Å². The lowest BCUT2D eigenvalue weighted by Gasteiger charge is -2.35. The van der Waals surface area contributed by atoms with E-state index in [0.29, 0.717) is 0 Å². The maximum atomic E-state index is 4.17. The van der Waals surface area contributed by atoms with E-state index in [-0.39, 0.29) is 0 Å². The van der Waals surface area contributed by atoms with E-state index in [2.05, 4.69) is 29.9 Å². The van der Waals surface area contributed by atoms with Gasteiger partial charge in [0.25, 0.3) is 0 Å². The zero-order valence-corrected chi connectivity index (χ0v) is 7.40. The van der Waals surface area contributed by atoms with Crippen LogP contribution in [0.15, 0.2) is 0 Å². The second-order valence-corrected chi connectivity index (χ2v) is 3.32. The molecule has 1 heterocycles. The van der Waals surface area contributed by atoms with Gasteiger partial charge in [0.1, 0.15) is 0 Å². The quantitative estimate of drug-likeness (QED) is 0.572. The van der Waals surface area contributed by atoms with Crippen molar-refractivity contribution < 1.29 is 0 Å². The summed E-state index contributed by atoms with van der Waals surface area (Å²) in [5.74, 6) is 1.00. The van der Waals surface area contributed by atoms with Gasteiger partial charge in [-0.2, -0.15) is 12.6 Å². The SMILES string of the molecule is CN(CCCS)C1CNC1. The number of likely N-dealkylation sites (N-methyl/N-ethyl adjacent to an activating group) is 1. The van der Waals surface area contributed by atoms with E-state index in [9.17, 15) is 0 Å². The predicted octanol–water partition coefficient (Wildman–Crippen LogP) is 0.210. The molecule has 0 saturated carbocycles. The zero-order valence-electron chi connectivity index (χ0n) is 6.51. The minimum absolute atomic E-state index is 0.792. The largest absolute Gasteiger partial charge is 0.314 e. The summed E-state index contributed by atoms with van der Waals surface area (Å²) in [4.78, 5) is 2.41. The fourth-order valence-corrected chi connectivity index (χ4v) is 1.23. The summed E-state index contributed by atoms with van der Waals surface area (Å²) in [7, 11) is 2.19. The minimum Gasteiger partial charge on any atom is -0.314 e. The van der Waals surface area contributed by atoms with Crippen LogP contribution in [0.3, 0.4) is 0 Å². The van der Waals surface area contributed by atoms with Gasteiger partial charge in [0.2, 0.25) is 0 Å². The summed E-state index contributed by atoms with van der Waals surface area (Å²) in [6.07, 6.45) is 1.20. The Bertz CT molecular complexity index is 93.6. The molecular weight excluding hydrogens is 144 g/mol. The van der Waals surface area contributed by atoms with Crippen LogP contribution in [0.1, 0.15) is 6.42 Å². The summed E-state index contributed by atoms with van der Waals surface area (Å²) >= 11 is 4.17. The van der Waals surface area contributed by atoms with Crippen LogP contribution in [-0.4, -0.2) is 43.4 Å². The molecule has 10 heavy (non-hydrogen) atoms. The molecule has 0 aromatic carbocycles. The monoisotopic (exact) mass is 160 g/mol. The summed E-state index contributed by atoms with van der Waals surface area (Å²) in [5.41, 5.74) is 0. The van der Waals surface area contributed by atoms with E-state index in [1.807, 2.05) is 0 Å². The number of nitrogens with zero attached hydrogens (tertiary/aromatic N) is 1. The normalized spacial score (nSPS) is 19.5. The highest BCUT2D eigenvalue weighted by molar-refractivity contribution is 7.80. The van der Waals surface area contributed by atoms with Gasteiger partial charge in [-0.1, -0.05) is 0 Å². The molecule has 0 aromatic rings. The van der Waals surface area contributed by atoms with Crippen molar-refractivity contribution in [1.29, 1.82) is 0 Å². The fourth-order valence-electron chi connectivity index (χ4n) is 1.09. The van der Waals surface area contributed by atoms with E-state index in [4.69, 9.17) is 0 Å². The molecule has 0 aromatic heterocycles. The molecule has 2 nitrogen and oxygen atoms in total. The summed E-state index contributed by atoms with van der Waals surface area (Å²) in [6.45, 7) is 3.53. The number of rotatable bonds is 4. The second-order valence-electron chi connectivity index (χ2n) is 2.87. The number of hydrogen-bond donors (Lipinski definition) is 2.